The molecule has 112 valence electrons. The fourth-order valence-corrected chi connectivity index (χ4v) is 4.35. The molecule has 1 saturated heterocycles. The van der Waals surface area contributed by atoms with Gasteiger partial charge in [0.1, 0.15) is 0 Å². The first kappa shape index (κ1) is 15.8. The summed E-state index contributed by atoms with van der Waals surface area (Å²) in [7, 11) is -3.50. The second-order valence-electron chi connectivity index (χ2n) is 5.40. The molecule has 1 aromatic rings. The van der Waals surface area contributed by atoms with E-state index in [4.69, 9.17) is 11.6 Å². The van der Waals surface area contributed by atoms with Crippen molar-refractivity contribution in [2.24, 2.45) is 0 Å². The van der Waals surface area contributed by atoms with Crippen LogP contribution >= 0.6 is 11.6 Å². The van der Waals surface area contributed by atoms with Crippen LogP contribution in [0.25, 0.3) is 0 Å². The number of benzene rings is 1. The molecule has 0 radical (unpaired) electrons. The lowest BCUT2D eigenvalue weighted by Gasteiger charge is -2.33. The van der Waals surface area contributed by atoms with Crippen LogP contribution in [-0.4, -0.2) is 31.7 Å². The minimum Gasteiger partial charge on any atom is -0.195 e. The van der Waals surface area contributed by atoms with Crippen LogP contribution in [0.2, 0.25) is 0 Å². The molecule has 6 heteroatoms. The van der Waals surface area contributed by atoms with Crippen LogP contribution in [0.3, 0.4) is 0 Å². The average molecular weight is 317 g/mol. The molecule has 1 heterocycles. The van der Waals surface area contributed by atoms with Crippen molar-refractivity contribution in [1.82, 2.24) is 9.03 Å². The fraction of sp³-hybridized carbons (Fsp3) is 0.571. The minimum atomic E-state index is -3.50. The van der Waals surface area contributed by atoms with Crippen LogP contribution in [0.4, 0.5) is 0 Å². The highest BCUT2D eigenvalue weighted by atomic mass is 35.5. The lowest BCUT2D eigenvalue weighted by molar-refractivity contribution is 0.331. The summed E-state index contributed by atoms with van der Waals surface area (Å²) < 4.78 is 29.3. The van der Waals surface area contributed by atoms with E-state index in [1.54, 1.807) is 0 Å². The van der Waals surface area contributed by atoms with E-state index in [-0.39, 0.29) is 5.88 Å². The molecule has 0 aliphatic carbocycles. The van der Waals surface area contributed by atoms with Gasteiger partial charge in [0.2, 0.25) is 0 Å². The van der Waals surface area contributed by atoms with Gasteiger partial charge in [0, 0.05) is 19.0 Å². The largest absolute Gasteiger partial charge is 0.280 e. The molecule has 1 aromatic carbocycles. The van der Waals surface area contributed by atoms with Crippen LogP contribution in [0.1, 0.15) is 31.7 Å². The summed E-state index contributed by atoms with van der Waals surface area (Å²) in [5.74, 6) is 0.185. The Kier molecular flexibility index (Phi) is 5.07. The first-order chi connectivity index (χ1) is 9.48. The fourth-order valence-electron chi connectivity index (χ4n) is 2.42. The summed E-state index contributed by atoms with van der Waals surface area (Å²) in [6.45, 7) is 2.99. The van der Waals surface area contributed by atoms with Gasteiger partial charge in [-0.15, -0.1) is 11.6 Å². The van der Waals surface area contributed by atoms with Crippen molar-refractivity contribution in [3.8, 4) is 0 Å². The molecule has 1 N–H and O–H groups in total. The standard InChI is InChI=1S/C14H21ClN2O2S/c1-14(12-15,13-8-4-2-5-9-13)16-20(18,19)17-10-6-3-7-11-17/h2,4-5,8-9,16H,3,6-7,10-12H2,1H3. The van der Waals surface area contributed by atoms with Crippen molar-refractivity contribution < 1.29 is 8.42 Å². The highest BCUT2D eigenvalue weighted by molar-refractivity contribution is 7.87. The summed E-state index contributed by atoms with van der Waals surface area (Å²) in [4.78, 5) is 0. The lowest BCUT2D eigenvalue weighted by Crippen LogP contribution is -2.52. The SMILES string of the molecule is CC(CCl)(NS(=O)(=O)N1CCCCC1)c1ccccc1. The Balaban J connectivity index is 2.20. The van der Waals surface area contributed by atoms with E-state index in [1.807, 2.05) is 37.3 Å². The van der Waals surface area contributed by atoms with Crippen LogP contribution in [0, 0.1) is 0 Å². The molecule has 4 nitrogen and oxygen atoms in total. The zero-order chi connectivity index (χ0) is 14.6. The summed E-state index contributed by atoms with van der Waals surface area (Å²) in [6.07, 6.45) is 2.94. The maximum absolute atomic E-state index is 12.5. The van der Waals surface area contributed by atoms with E-state index in [9.17, 15) is 8.42 Å². The molecular weight excluding hydrogens is 296 g/mol. The summed E-state index contributed by atoms with van der Waals surface area (Å²) in [5, 5.41) is 0. The topological polar surface area (TPSA) is 49.4 Å². The molecule has 0 bridgehead atoms. The zero-order valence-corrected chi connectivity index (χ0v) is 13.3. The third-order valence-corrected chi connectivity index (χ3v) is 5.98. The van der Waals surface area contributed by atoms with Gasteiger partial charge in [-0.1, -0.05) is 36.8 Å². The molecular formula is C14H21ClN2O2S. The summed E-state index contributed by atoms with van der Waals surface area (Å²) >= 11 is 6.04. The molecule has 2 rings (SSSR count). The molecule has 0 saturated carbocycles. The minimum absolute atomic E-state index is 0.185. The Hall–Kier alpha value is -0.620. The van der Waals surface area contributed by atoms with Gasteiger partial charge in [-0.25, -0.2) is 0 Å². The maximum Gasteiger partial charge on any atom is 0.280 e. The first-order valence-electron chi connectivity index (χ1n) is 6.88. The Morgan fingerprint density at radius 3 is 2.35 bits per heavy atom. The van der Waals surface area contributed by atoms with Crippen molar-refractivity contribution in [3.05, 3.63) is 35.9 Å². The van der Waals surface area contributed by atoms with Crippen molar-refractivity contribution in [2.45, 2.75) is 31.7 Å². The molecule has 1 aliphatic heterocycles. The Bertz CT molecular complexity index is 529. The third kappa shape index (κ3) is 3.52. The van der Waals surface area contributed by atoms with Crippen LogP contribution in [0.15, 0.2) is 30.3 Å². The molecule has 1 fully saturated rings. The van der Waals surface area contributed by atoms with E-state index >= 15 is 0 Å². The highest BCUT2D eigenvalue weighted by Crippen LogP contribution is 2.24. The van der Waals surface area contributed by atoms with E-state index in [0.717, 1.165) is 24.8 Å². The van der Waals surface area contributed by atoms with Gasteiger partial charge in [-0.3, -0.25) is 0 Å². The Morgan fingerprint density at radius 2 is 1.80 bits per heavy atom. The molecule has 20 heavy (non-hydrogen) atoms. The van der Waals surface area contributed by atoms with Gasteiger partial charge in [0.15, 0.2) is 0 Å². The number of piperidine rings is 1. The zero-order valence-electron chi connectivity index (χ0n) is 11.7. The monoisotopic (exact) mass is 316 g/mol. The smallest absolute Gasteiger partial charge is 0.195 e. The van der Waals surface area contributed by atoms with Crippen LogP contribution < -0.4 is 4.72 Å². The Labute approximate surface area is 126 Å². The van der Waals surface area contributed by atoms with Crippen molar-refractivity contribution in [1.29, 1.82) is 0 Å². The number of hydrogen-bond donors (Lipinski definition) is 1. The van der Waals surface area contributed by atoms with Gasteiger partial charge >= 0.3 is 0 Å². The average Bonchev–Trinajstić information content (AvgIpc) is 2.48. The molecule has 1 unspecified atom stereocenters. The van der Waals surface area contributed by atoms with Gasteiger partial charge in [0.05, 0.1) is 5.54 Å². The second-order valence-corrected chi connectivity index (χ2v) is 7.34. The van der Waals surface area contributed by atoms with Gasteiger partial charge in [-0.05, 0) is 25.3 Å². The van der Waals surface area contributed by atoms with Crippen molar-refractivity contribution in [3.63, 3.8) is 0 Å². The van der Waals surface area contributed by atoms with Gasteiger partial charge in [-0.2, -0.15) is 17.4 Å². The normalized spacial score (nSPS) is 20.5. The van der Waals surface area contributed by atoms with Crippen molar-refractivity contribution in [2.75, 3.05) is 19.0 Å². The Morgan fingerprint density at radius 1 is 1.20 bits per heavy atom. The first-order valence-corrected chi connectivity index (χ1v) is 8.86. The van der Waals surface area contributed by atoms with E-state index in [0.29, 0.717) is 13.1 Å². The molecule has 1 atom stereocenters. The number of hydrogen-bond acceptors (Lipinski definition) is 2. The number of halogens is 1. The summed E-state index contributed by atoms with van der Waals surface area (Å²) in [5.41, 5.74) is 0.0783. The van der Waals surface area contributed by atoms with E-state index in [1.165, 1.54) is 4.31 Å². The van der Waals surface area contributed by atoms with E-state index < -0.39 is 15.7 Å². The number of rotatable bonds is 5. The molecule has 0 amide bonds. The van der Waals surface area contributed by atoms with Crippen molar-refractivity contribution >= 4 is 21.8 Å². The predicted octanol–water partition coefficient (Wildman–Crippen LogP) is 2.46. The number of nitrogens with one attached hydrogen (secondary N) is 1. The van der Waals surface area contributed by atoms with Gasteiger partial charge < -0.3 is 0 Å². The third-order valence-electron chi connectivity index (χ3n) is 3.69. The van der Waals surface area contributed by atoms with Crippen LogP contribution in [0.5, 0.6) is 0 Å². The summed E-state index contributed by atoms with van der Waals surface area (Å²) in [6, 6.07) is 9.45. The van der Waals surface area contributed by atoms with Gasteiger partial charge in [0.25, 0.3) is 10.2 Å². The second kappa shape index (κ2) is 6.43. The quantitative estimate of drug-likeness (QED) is 0.848. The molecule has 1 aliphatic rings. The van der Waals surface area contributed by atoms with Crippen LogP contribution in [-0.2, 0) is 15.7 Å². The molecule has 0 spiro atoms. The molecule has 0 aromatic heterocycles. The number of nitrogens with zero attached hydrogens (tertiary/aromatic N) is 1. The predicted molar refractivity (Wildman–Crippen MR) is 82.0 cm³/mol. The number of alkyl halides is 1. The van der Waals surface area contributed by atoms with E-state index in [2.05, 4.69) is 4.72 Å². The lowest BCUT2D eigenvalue weighted by atomic mass is 9.96. The maximum atomic E-state index is 12.5. The highest BCUT2D eigenvalue weighted by Gasteiger charge is 2.34.